The Kier molecular flexibility index (Phi) is 5.86. The van der Waals surface area contributed by atoms with Crippen molar-refractivity contribution in [2.75, 3.05) is 13.1 Å². The summed E-state index contributed by atoms with van der Waals surface area (Å²) in [6.45, 7) is -0.271. The molecule has 1 saturated heterocycles. The van der Waals surface area contributed by atoms with Gasteiger partial charge in [0, 0.05) is 15.6 Å². The van der Waals surface area contributed by atoms with Crippen LogP contribution in [0.4, 0.5) is 18.0 Å². The Bertz CT molecular complexity index is 1010. The minimum Gasteiger partial charge on any atom is -0.465 e. The monoisotopic (exact) mass is 459 g/mol. The standard InChI is InChI=1S/C20H14Cl2F3NO4/c21-14-5-12(6-15(22)7-14)16(20(23,24)25)8-17(27)11-1-3-13(4-2-11)19(30)9-26(10-19)18(28)29/h1-8,30H,9-10H2,(H,28,29). The summed E-state index contributed by atoms with van der Waals surface area (Å²) >= 11 is 11.6. The van der Waals surface area contributed by atoms with Gasteiger partial charge in [-0.05, 0) is 35.4 Å². The molecule has 5 nitrogen and oxygen atoms in total. The summed E-state index contributed by atoms with van der Waals surface area (Å²) in [5.74, 6) is -0.905. The second kappa shape index (κ2) is 7.94. The highest BCUT2D eigenvalue weighted by molar-refractivity contribution is 6.35. The Morgan fingerprint density at radius 1 is 1.00 bits per heavy atom. The molecular formula is C20H14Cl2F3NO4. The van der Waals surface area contributed by atoms with Gasteiger partial charge >= 0.3 is 12.3 Å². The van der Waals surface area contributed by atoms with E-state index in [9.17, 15) is 27.9 Å². The molecule has 1 fully saturated rings. The van der Waals surface area contributed by atoms with Gasteiger partial charge in [-0.25, -0.2) is 4.79 Å². The third-order valence-electron chi connectivity index (χ3n) is 4.64. The molecule has 0 atom stereocenters. The van der Waals surface area contributed by atoms with E-state index < -0.39 is 29.2 Å². The quantitative estimate of drug-likeness (QED) is 0.497. The number of halogens is 5. The number of hydrogen-bond donors (Lipinski definition) is 2. The molecule has 10 heteroatoms. The molecule has 2 aromatic rings. The number of likely N-dealkylation sites (tertiary alicyclic amines) is 1. The second-order valence-corrected chi connectivity index (χ2v) is 7.70. The zero-order chi connectivity index (χ0) is 22.3. The zero-order valence-electron chi connectivity index (χ0n) is 15.1. The second-order valence-electron chi connectivity index (χ2n) is 6.83. The fraction of sp³-hybridized carbons (Fsp3) is 0.200. The highest BCUT2D eigenvalue weighted by atomic mass is 35.5. The van der Waals surface area contributed by atoms with E-state index in [2.05, 4.69) is 0 Å². The van der Waals surface area contributed by atoms with E-state index in [1.54, 1.807) is 0 Å². The van der Waals surface area contributed by atoms with Gasteiger partial charge in [0.25, 0.3) is 0 Å². The molecule has 2 N–H and O–H groups in total. The number of benzene rings is 2. The Labute approximate surface area is 178 Å². The fourth-order valence-electron chi connectivity index (χ4n) is 3.10. The van der Waals surface area contributed by atoms with Crippen molar-refractivity contribution < 1.29 is 33.0 Å². The Balaban J connectivity index is 1.87. The SMILES string of the molecule is O=C(C=C(c1cc(Cl)cc(Cl)c1)C(F)(F)F)c1ccc(C2(O)CN(C(=O)O)C2)cc1. The number of rotatable bonds is 4. The summed E-state index contributed by atoms with van der Waals surface area (Å²) in [7, 11) is 0. The number of ketones is 1. The Morgan fingerprint density at radius 2 is 1.53 bits per heavy atom. The van der Waals surface area contributed by atoms with Crippen molar-refractivity contribution >= 4 is 40.7 Å². The molecule has 0 unspecified atom stereocenters. The van der Waals surface area contributed by atoms with E-state index in [0.717, 1.165) is 17.0 Å². The number of carboxylic acid groups (broad SMARTS) is 1. The molecule has 1 aliphatic heterocycles. The molecule has 0 aliphatic carbocycles. The van der Waals surface area contributed by atoms with E-state index in [1.807, 2.05) is 0 Å². The van der Waals surface area contributed by atoms with Crippen LogP contribution in [0.1, 0.15) is 21.5 Å². The van der Waals surface area contributed by atoms with Gasteiger partial charge in [-0.3, -0.25) is 4.79 Å². The number of amides is 1. The van der Waals surface area contributed by atoms with Crippen LogP contribution in [0.3, 0.4) is 0 Å². The van der Waals surface area contributed by atoms with Gasteiger partial charge in [-0.15, -0.1) is 0 Å². The van der Waals surface area contributed by atoms with Crippen LogP contribution in [-0.2, 0) is 5.60 Å². The van der Waals surface area contributed by atoms with E-state index in [0.29, 0.717) is 11.6 Å². The lowest BCUT2D eigenvalue weighted by Gasteiger charge is -2.45. The fourth-order valence-corrected chi connectivity index (χ4v) is 3.63. The third-order valence-corrected chi connectivity index (χ3v) is 5.07. The van der Waals surface area contributed by atoms with Crippen molar-refractivity contribution in [3.8, 4) is 0 Å². The molecule has 2 aromatic carbocycles. The van der Waals surface area contributed by atoms with E-state index >= 15 is 0 Å². The maximum absolute atomic E-state index is 13.5. The first-order valence-electron chi connectivity index (χ1n) is 8.49. The van der Waals surface area contributed by atoms with Crippen LogP contribution in [0, 0.1) is 0 Å². The average Bonchev–Trinajstić information content (AvgIpc) is 2.61. The van der Waals surface area contributed by atoms with Gasteiger partial charge in [-0.2, -0.15) is 13.2 Å². The molecule has 1 amide bonds. The third kappa shape index (κ3) is 4.61. The van der Waals surface area contributed by atoms with Crippen LogP contribution in [0.2, 0.25) is 10.0 Å². The highest BCUT2D eigenvalue weighted by Crippen LogP contribution is 2.37. The minimum absolute atomic E-state index is 0.00593. The van der Waals surface area contributed by atoms with Gasteiger partial charge in [0.2, 0.25) is 0 Å². The van der Waals surface area contributed by atoms with Crippen LogP contribution in [0.25, 0.3) is 5.57 Å². The lowest BCUT2D eigenvalue weighted by molar-refractivity contribution is -0.0898. The number of hydrogen-bond acceptors (Lipinski definition) is 3. The molecule has 1 aliphatic rings. The summed E-state index contributed by atoms with van der Waals surface area (Å²) in [6, 6.07) is 8.70. The molecule has 30 heavy (non-hydrogen) atoms. The normalized spacial score (nSPS) is 16.2. The first-order valence-corrected chi connectivity index (χ1v) is 9.25. The molecule has 0 spiro atoms. The lowest BCUT2D eigenvalue weighted by atomic mass is 9.86. The molecule has 0 bridgehead atoms. The van der Waals surface area contributed by atoms with Crippen molar-refractivity contribution in [2.24, 2.45) is 0 Å². The van der Waals surface area contributed by atoms with Crippen molar-refractivity contribution in [2.45, 2.75) is 11.8 Å². The lowest BCUT2D eigenvalue weighted by Crippen LogP contribution is -2.60. The van der Waals surface area contributed by atoms with Gasteiger partial charge < -0.3 is 15.1 Å². The maximum atomic E-state index is 13.5. The van der Waals surface area contributed by atoms with Crippen LogP contribution in [0.5, 0.6) is 0 Å². The van der Waals surface area contributed by atoms with Gasteiger partial charge in [-0.1, -0.05) is 47.5 Å². The van der Waals surface area contributed by atoms with E-state index in [4.69, 9.17) is 28.3 Å². The summed E-state index contributed by atoms with van der Waals surface area (Å²) in [5, 5.41) is 19.3. The molecule has 1 heterocycles. The Morgan fingerprint density at radius 3 is 2.00 bits per heavy atom. The average molecular weight is 460 g/mol. The van der Waals surface area contributed by atoms with Gasteiger partial charge in [0.1, 0.15) is 5.60 Å². The molecular weight excluding hydrogens is 446 g/mol. The zero-order valence-corrected chi connectivity index (χ0v) is 16.6. The summed E-state index contributed by atoms with van der Waals surface area (Å²) in [6.07, 6.45) is -5.54. The minimum atomic E-state index is -4.83. The van der Waals surface area contributed by atoms with Crippen LogP contribution in [-0.4, -0.2) is 46.3 Å². The number of alkyl halides is 3. The van der Waals surface area contributed by atoms with Crippen LogP contribution >= 0.6 is 23.2 Å². The first-order chi connectivity index (χ1) is 13.9. The topological polar surface area (TPSA) is 77.8 Å². The molecule has 3 rings (SSSR count). The highest BCUT2D eigenvalue weighted by Gasteiger charge is 2.45. The van der Waals surface area contributed by atoms with Crippen molar-refractivity contribution in [3.05, 3.63) is 75.3 Å². The molecule has 158 valence electrons. The van der Waals surface area contributed by atoms with Crippen LogP contribution < -0.4 is 0 Å². The van der Waals surface area contributed by atoms with Gasteiger partial charge in [0.15, 0.2) is 5.78 Å². The maximum Gasteiger partial charge on any atom is 0.417 e. The number of nitrogens with zero attached hydrogens (tertiary/aromatic N) is 1. The predicted molar refractivity (Wildman–Crippen MR) is 105 cm³/mol. The van der Waals surface area contributed by atoms with E-state index in [1.165, 1.54) is 30.3 Å². The number of aliphatic hydroxyl groups is 1. The summed E-state index contributed by atoms with van der Waals surface area (Å²) < 4.78 is 40.6. The van der Waals surface area contributed by atoms with Crippen molar-refractivity contribution in [3.63, 3.8) is 0 Å². The van der Waals surface area contributed by atoms with E-state index in [-0.39, 0.29) is 34.3 Å². The smallest absolute Gasteiger partial charge is 0.417 e. The largest absolute Gasteiger partial charge is 0.465 e. The summed E-state index contributed by atoms with van der Waals surface area (Å²) in [5.41, 5.74) is -2.62. The Hall–Kier alpha value is -2.55. The van der Waals surface area contributed by atoms with Crippen molar-refractivity contribution in [1.82, 2.24) is 4.90 Å². The molecule has 0 aromatic heterocycles. The number of carbonyl (C=O) groups is 2. The molecule has 0 radical (unpaired) electrons. The number of allylic oxidation sites excluding steroid dienone is 2. The summed E-state index contributed by atoms with van der Waals surface area (Å²) in [4.78, 5) is 24.3. The predicted octanol–water partition coefficient (Wildman–Crippen LogP) is 5.00. The molecule has 0 saturated carbocycles. The van der Waals surface area contributed by atoms with Crippen LogP contribution in [0.15, 0.2) is 48.5 Å². The van der Waals surface area contributed by atoms with Gasteiger partial charge in [0.05, 0.1) is 18.7 Å². The number of carbonyl (C=O) groups excluding carboxylic acids is 1. The van der Waals surface area contributed by atoms with Crippen molar-refractivity contribution in [1.29, 1.82) is 0 Å². The number of β-amino-alcohol motifs (C(OH)–C–C–N with tert-alkyl or cyclic N) is 1. The first kappa shape index (κ1) is 22.1.